The minimum Gasteiger partial charge on any atom is -0.355 e. The second-order valence-corrected chi connectivity index (χ2v) is 7.83. The van der Waals surface area contributed by atoms with E-state index in [-0.39, 0.29) is 23.7 Å². The second kappa shape index (κ2) is 9.17. The number of hydrogen-bond donors (Lipinski definition) is 3. The van der Waals surface area contributed by atoms with Crippen LogP contribution in [0.2, 0.25) is 0 Å². The summed E-state index contributed by atoms with van der Waals surface area (Å²) in [7, 11) is 0. The number of benzene rings is 1. The largest absolute Gasteiger partial charge is 0.355 e. The lowest BCUT2D eigenvalue weighted by Crippen LogP contribution is -2.49. The van der Waals surface area contributed by atoms with Crippen LogP contribution in [0.1, 0.15) is 25.1 Å². The van der Waals surface area contributed by atoms with Gasteiger partial charge in [-0.2, -0.15) is 5.10 Å². The number of rotatable bonds is 6. The van der Waals surface area contributed by atoms with Gasteiger partial charge in [-0.3, -0.25) is 14.7 Å². The molecule has 0 aliphatic carbocycles. The van der Waals surface area contributed by atoms with Crippen LogP contribution in [0.5, 0.6) is 0 Å². The zero-order valence-corrected chi connectivity index (χ0v) is 16.6. The van der Waals surface area contributed by atoms with Gasteiger partial charge in [-0.05, 0) is 19.3 Å². The number of piperidine rings is 1. The Bertz CT molecular complexity index is 831. The summed E-state index contributed by atoms with van der Waals surface area (Å²) in [5, 5.41) is 13.4. The molecule has 2 aliphatic rings. The zero-order valence-electron chi connectivity index (χ0n) is 16.6. The summed E-state index contributed by atoms with van der Waals surface area (Å²) in [6.45, 7) is 3.49. The molecule has 2 fully saturated rings. The maximum Gasteiger partial charge on any atom is 0.226 e. The molecule has 3 N–H and O–H groups in total. The fourth-order valence-corrected chi connectivity index (χ4v) is 4.10. The maximum absolute atomic E-state index is 12.6. The average molecular weight is 396 g/mol. The van der Waals surface area contributed by atoms with E-state index in [4.69, 9.17) is 0 Å². The van der Waals surface area contributed by atoms with Crippen molar-refractivity contribution in [3.8, 4) is 11.4 Å². The molecule has 1 aromatic heterocycles. The van der Waals surface area contributed by atoms with Gasteiger partial charge in [-0.25, -0.2) is 4.98 Å². The molecule has 0 spiro atoms. The third kappa shape index (κ3) is 4.82. The number of hydrogen-bond acceptors (Lipinski definition) is 5. The first-order valence-corrected chi connectivity index (χ1v) is 10.4. The molecule has 0 bridgehead atoms. The number of likely N-dealkylation sites (tertiary alicyclic amines) is 1. The molecule has 1 aromatic carbocycles. The molecule has 0 radical (unpaired) electrons. The average Bonchev–Trinajstić information content (AvgIpc) is 3.46. The molecule has 3 heterocycles. The van der Waals surface area contributed by atoms with E-state index in [9.17, 15) is 9.59 Å². The molecule has 2 aliphatic heterocycles. The molecular weight excluding hydrogens is 368 g/mol. The number of amides is 2. The van der Waals surface area contributed by atoms with Crippen molar-refractivity contribution in [1.82, 2.24) is 30.7 Å². The van der Waals surface area contributed by atoms with Gasteiger partial charge in [0.2, 0.25) is 11.8 Å². The van der Waals surface area contributed by atoms with Crippen LogP contribution in [0, 0.1) is 11.8 Å². The highest BCUT2D eigenvalue weighted by Gasteiger charge is 2.33. The summed E-state index contributed by atoms with van der Waals surface area (Å²) in [6, 6.07) is 9.78. The van der Waals surface area contributed by atoms with Gasteiger partial charge >= 0.3 is 0 Å². The highest BCUT2D eigenvalue weighted by molar-refractivity contribution is 5.83. The summed E-state index contributed by atoms with van der Waals surface area (Å²) >= 11 is 0. The van der Waals surface area contributed by atoms with Crippen molar-refractivity contribution < 1.29 is 9.59 Å². The van der Waals surface area contributed by atoms with E-state index in [0.29, 0.717) is 38.3 Å². The molecule has 8 nitrogen and oxygen atoms in total. The number of aromatic nitrogens is 3. The van der Waals surface area contributed by atoms with Crippen LogP contribution < -0.4 is 10.6 Å². The summed E-state index contributed by atoms with van der Waals surface area (Å²) < 4.78 is 0. The summed E-state index contributed by atoms with van der Waals surface area (Å²) in [5.41, 5.74) is 0.959. The molecule has 154 valence electrons. The fourth-order valence-electron chi connectivity index (χ4n) is 4.10. The fraction of sp³-hybridized carbons (Fsp3) is 0.524. The highest BCUT2D eigenvalue weighted by atomic mass is 16.2. The van der Waals surface area contributed by atoms with Gasteiger partial charge in [-0.15, -0.1) is 0 Å². The molecule has 2 amide bonds. The molecule has 2 aromatic rings. The van der Waals surface area contributed by atoms with Gasteiger partial charge in [0, 0.05) is 44.7 Å². The predicted octanol–water partition coefficient (Wildman–Crippen LogP) is 0.979. The molecule has 2 saturated heterocycles. The first-order chi connectivity index (χ1) is 14.2. The SMILES string of the molecule is O=C(NCCc1nc(-c2ccccc2)n[nH]1)[C@H]1CNC[C@@H](C(=O)N2CCCC2)C1. The first kappa shape index (κ1) is 19.6. The third-order valence-corrected chi connectivity index (χ3v) is 5.71. The van der Waals surface area contributed by atoms with Crippen molar-refractivity contribution in [2.24, 2.45) is 11.8 Å². The van der Waals surface area contributed by atoms with E-state index in [1.165, 1.54) is 0 Å². The van der Waals surface area contributed by atoms with Gasteiger partial charge in [0.1, 0.15) is 5.82 Å². The molecule has 8 heteroatoms. The maximum atomic E-state index is 12.6. The van der Waals surface area contributed by atoms with E-state index in [2.05, 4.69) is 25.8 Å². The smallest absolute Gasteiger partial charge is 0.226 e. The molecule has 0 unspecified atom stereocenters. The van der Waals surface area contributed by atoms with Crippen molar-refractivity contribution >= 4 is 11.8 Å². The topological polar surface area (TPSA) is 103 Å². The van der Waals surface area contributed by atoms with E-state index in [1.54, 1.807) is 0 Å². The third-order valence-electron chi connectivity index (χ3n) is 5.71. The Morgan fingerprint density at radius 3 is 2.66 bits per heavy atom. The van der Waals surface area contributed by atoms with Crippen LogP contribution in [0.3, 0.4) is 0 Å². The van der Waals surface area contributed by atoms with E-state index in [1.807, 2.05) is 35.2 Å². The van der Waals surface area contributed by atoms with Gasteiger partial charge in [0.25, 0.3) is 0 Å². The van der Waals surface area contributed by atoms with Gasteiger partial charge in [-0.1, -0.05) is 30.3 Å². The Balaban J connectivity index is 1.24. The number of carbonyl (C=O) groups excluding carboxylic acids is 2. The molecule has 4 rings (SSSR count). The number of nitrogens with zero attached hydrogens (tertiary/aromatic N) is 3. The van der Waals surface area contributed by atoms with Crippen LogP contribution in [0.25, 0.3) is 11.4 Å². The minimum absolute atomic E-state index is 0.000722. The van der Waals surface area contributed by atoms with Crippen molar-refractivity contribution in [2.75, 3.05) is 32.7 Å². The van der Waals surface area contributed by atoms with Crippen molar-refractivity contribution in [3.63, 3.8) is 0 Å². The number of nitrogens with one attached hydrogen (secondary N) is 3. The highest BCUT2D eigenvalue weighted by Crippen LogP contribution is 2.21. The summed E-state index contributed by atoms with van der Waals surface area (Å²) in [4.78, 5) is 31.6. The number of carbonyl (C=O) groups is 2. The molecule has 29 heavy (non-hydrogen) atoms. The molecular formula is C21H28N6O2. The van der Waals surface area contributed by atoms with Crippen LogP contribution in [0.4, 0.5) is 0 Å². The van der Waals surface area contributed by atoms with Gasteiger partial charge in [0.05, 0.1) is 11.8 Å². The predicted molar refractivity (Wildman–Crippen MR) is 109 cm³/mol. The Morgan fingerprint density at radius 2 is 1.86 bits per heavy atom. The standard InChI is InChI=1S/C21H28N6O2/c28-20(16-12-17(14-22-13-16)21(29)27-10-4-5-11-27)23-9-8-18-24-19(26-25-18)15-6-2-1-3-7-15/h1-3,6-7,16-17,22H,4-5,8-14H2,(H,23,28)(H,24,25,26)/t16-,17+/m1/s1. The number of aromatic amines is 1. The quantitative estimate of drug-likeness (QED) is 0.675. The normalized spacial score (nSPS) is 21.9. The van der Waals surface area contributed by atoms with Crippen LogP contribution in [-0.2, 0) is 16.0 Å². The minimum atomic E-state index is -0.171. The lowest BCUT2D eigenvalue weighted by atomic mass is 9.89. The van der Waals surface area contributed by atoms with Gasteiger partial charge < -0.3 is 15.5 Å². The second-order valence-electron chi connectivity index (χ2n) is 7.83. The Kier molecular flexibility index (Phi) is 6.19. The van der Waals surface area contributed by atoms with Crippen LogP contribution >= 0.6 is 0 Å². The van der Waals surface area contributed by atoms with Crippen molar-refractivity contribution in [1.29, 1.82) is 0 Å². The van der Waals surface area contributed by atoms with Crippen molar-refractivity contribution in [3.05, 3.63) is 36.2 Å². The van der Waals surface area contributed by atoms with Gasteiger partial charge in [0.15, 0.2) is 5.82 Å². The lowest BCUT2D eigenvalue weighted by Gasteiger charge is -2.31. The van der Waals surface area contributed by atoms with Crippen LogP contribution in [-0.4, -0.2) is 64.6 Å². The summed E-state index contributed by atoms with van der Waals surface area (Å²) in [5.74, 6) is 1.33. The van der Waals surface area contributed by atoms with Crippen LogP contribution in [0.15, 0.2) is 30.3 Å². The first-order valence-electron chi connectivity index (χ1n) is 10.4. The Morgan fingerprint density at radius 1 is 1.10 bits per heavy atom. The number of H-pyrrole nitrogens is 1. The Labute approximate surface area is 170 Å². The summed E-state index contributed by atoms with van der Waals surface area (Å²) in [6.07, 6.45) is 3.38. The lowest BCUT2D eigenvalue weighted by molar-refractivity contribution is -0.136. The van der Waals surface area contributed by atoms with E-state index < -0.39 is 0 Å². The molecule has 0 saturated carbocycles. The van der Waals surface area contributed by atoms with E-state index in [0.717, 1.165) is 37.3 Å². The van der Waals surface area contributed by atoms with E-state index >= 15 is 0 Å². The Hall–Kier alpha value is -2.74. The monoisotopic (exact) mass is 396 g/mol. The zero-order chi connectivity index (χ0) is 20.1. The molecule has 2 atom stereocenters. The van der Waals surface area contributed by atoms with Crippen molar-refractivity contribution in [2.45, 2.75) is 25.7 Å².